The van der Waals surface area contributed by atoms with Gasteiger partial charge in [-0.05, 0) is 31.5 Å². The number of benzene rings is 1. The molecule has 0 radical (unpaired) electrons. The van der Waals surface area contributed by atoms with Gasteiger partial charge in [0.1, 0.15) is 0 Å². The maximum Gasteiger partial charge on any atom is 0.176 e. The van der Waals surface area contributed by atoms with Gasteiger partial charge in [-0.2, -0.15) is 0 Å². The van der Waals surface area contributed by atoms with Crippen molar-refractivity contribution < 1.29 is 4.79 Å². The van der Waals surface area contributed by atoms with Crippen molar-refractivity contribution in [1.29, 1.82) is 0 Å². The van der Waals surface area contributed by atoms with Crippen LogP contribution in [0.4, 0.5) is 0 Å². The molecule has 0 atom stereocenters. The van der Waals surface area contributed by atoms with Crippen LogP contribution in [-0.4, -0.2) is 30.3 Å². The fraction of sp³-hybridized carbons (Fsp3) is 0.462. The predicted octanol–water partition coefficient (Wildman–Crippen LogP) is 1.42. The van der Waals surface area contributed by atoms with Crippen molar-refractivity contribution in [3.63, 3.8) is 0 Å². The zero-order valence-corrected chi connectivity index (χ0v) is 9.48. The first-order valence-electron chi connectivity index (χ1n) is 5.84. The van der Waals surface area contributed by atoms with Crippen LogP contribution in [0.5, 0.6) is 0 Å². The number of ketones is 1. The number of rotatable bonds is 4. The molecule has 0 unspecified atom stereocenters. The second-order valence-electron chi connectivity index (χ2n) is 4.31. The lowest BCUT2D eigenvalue weighted by molar-refractivity contribution is 0.100. The summed E-state index contributed by atoms with van der Waals surface area (Å²) >= 11 is 0. The van der Waals surface area contributed by atoms with Crippen molar-refractivity contribution in [2.45, 2.75) is 19.4 Å². The van der Waals surface area contributed by atoms with Crippen molar-refractivity contribution in [3.8, 4) is 0 Å². The van der Waals surface area contributed by atoms with E-state index in [2.05, 4.69) is 4.90 Å². The molecule has 1 saturated heterocycles. The van der Waals surface area contributed by atoms with E-state index in [1.807, 2.05) is 24.3 Å². The summed E-state index contributed by atoms with van der Waals surface area (Å²) in [6.07, 6.45) is 2.62. The molecule has 0 spiro atoms. The van der Waals surface area contributed by atoms with Crippen molar-refractivity contribution in [3.05, 3.63) is 35.4 Å². The number of carbonyl (C=O) groups is 1. The Labute approximate surface area is 96.2 Å². The first-order valence-corrected chi connectivity index (χ1v) is 5.84. The van der Waals surface area contributed by atoms with E-state index in [4.69, 9.17) is 5.73 Å². The number of Topliss-reactive ketones (excluding diaryl/α,β-unsaturated/α-hetero) is 1. The third-order valence-corrected chi connectivity index (χ3v) is 3.07. The lowest BCUT2D eigenvalue weighted by atomic mass is 10.1. The normalized spacial score (nSPS) is 16.6. The van der Waals surface area contributed by atoms with Gasteiger partial charge in [0.25, 0.3) is 0 Å². The Morgan fingerprint density at radius 2 is 1.81 bits per heavy atom. The average Bonchev–Trinajstić information content (AvgIpc) is 2.82. The molecule has 1 fully saturated rings. The van der Waals surface area contributed by atoms with E-state index in [1.54, 1.807) is 0 Å². The van der Waals surface area contributed by atoms with Crippen molar-refractivity contribution in [2.75, 3.05) is 19.6 Å². The van der Waals surface area contributed by atoms with Crippen LogP contribution < -0.4 is 5.73 Å². The van der Waals surface area contributed by atoms with Crippen LogP contribution >= 0.6 is 0 Å². The van der Waals surface area contributed by atoms with E-state index < -0.39 is 0 Å². The molecular weight excluding hydrogens is 200 g/mol. The zero-order valence-electron chi connectivity index (χ0n) is 9.48. The summed E-state index contributed by atoms with van der Waals surface area (Å²) < 4.78 is 0. The first kappa shape index (κ1) is 11.3. The largest absolute Gasteiger partial charge is 0.324 e. The molecular formula is C13H18N2O. The Hall–Kier alpha value is -1.19. The molecule has 1 aliphatic rings. The lowest BCUT2D eigenvalue weighted by Gasteiger charge is -2.14. The smallest absolute Gasteiger partial charge is 0.176 e. The highest BCUT2D eigenvalue weighted by Gasteiger charge is 2.11. The van der Waals surface area contributed by atoms with Crippen LogP contribution in [0.2, 0.25) is 0 Å². The maximum absolute atomic E-state index is 11.3. The Bertz CT molecular complexity index is 353. The van der Waals surface area contributed by atoms with E-state index >= 15 is 0 Å². The minimum Gasteiger partial charge on any atom is -0.324 e. The second-order valence-corrected chi connectivity index (χ2v) is 4.31. The summed E-state index contributed by atoms with van der Waals surface area (Å²) in [6.45, 7) is 3.48. The van der Waals surface area contributed by atoms with E-state index in [0.717, 1.165) is 6.54 Å². The van der Waals surface area contributed by atoms with Gasteiger partial charge in [-0.25, -0.2) is 0 Å². The highest BCUT2D eigenvalue weighted by molar-refractivity contribution is 5.97. The molecule has 3 heteroatoms. The van der Waals surface area contributed by atoms with Gasteiger partial charge in [0.05, 0.1) is 6.54 Å². The predicted molar refractivity (Wildman–Crippen MR) is 64.3 cm³/mol. The van der Waals surface area contributed by atoms with Gasteiger partial charge >= 0.3 is 0 Å². The van der Waals surface area contributed by atoms with Gasteiger partial charge < -0.3 is 5.73 Å². The number of nitrogens with two attached hydrogens (primary N) is 1. The van der Waals surface area contributed by atoms with E-state index in [9.17, 15) is 4.79 Å². The summed E-state index contributed by atoms with van der Waals surface area (Å²) in [5.74, 6) is 0.00715. The van der Waals surface area contributed by atoms with Gasteiger partial charge in [-0.3, -0.25) is 9.69 Å². The van der Waals surface area contributed by atoms with Gasteiger partial charge in [-0.15, -0.1) is 0 Å². The third kappa shape index (κ3) is 2.68. The third-order valence-electron chi connectivity index (χ3n) is 3.07. The van der Waals surface area contributed by atoms with E-state index in [-0.39, 0.29) is 12.3 Å². The fourth-order valence-corrected chi connectivity index (χ4v) is 2.11. The topological polar surface area (TPSA) is 46.3 Å². The van der Waals surface area contributed by atoms with Crippen LogP contribution in [0.3, 0.4) is 0 Å². The molecule has 1 aromatic rings. The SMILES string of the molecule is NCC(=O)c1ccc(CN2CCCC2)cc1. The number of nitrogens with zero attached hydrogens (tertiary/aromatic N) is 1. The molecule has 2 rings (SSSR count). The molecule has 86 valence electrons. The molecule has 16 heavy (non-hydrogen) atoms. The van der Waals surface area contributed by atoms with Crippen LogP contribution in [0.25, 0.3) is 0 Å². The minimum atomic E-state index is 0.00715. The van der Waals surface area contributed by atoms with Crippen molar-refractivity contribution in [1.82, 2.24) is 4.90 Å². The van der Waals surface area contributed by atoms with Crippen molar-refractivity contribution >= 4 is 5.78 Å². The standard InChI is InChI=1S/C13H18N2O/c14-9-13(16)12-5-3-11(4-6-12)10-15-7-1-2-8-15/h3-6H,1-2,7-10,14H2. The monoisotopic (exact) mass is 218 g/mol. The first-order chi connectivity index (χ1) is 7.79. The van der Waals surface area contributed by atoms with Crippen LogP contribution in [0, 0.1) is 0 Å². The Balaban J connectivity index is 1.98. The molecule has 1 aromatic carbocycles. The molecule has 3 nitrogen and oxygen atoms in total. The van der Waals surface area contributed by atoms with Crippen molar-refractivity contribution in [2.24, 2.45) is 5.73 Å². The molecule has 1 heterocycles. The number of hydrogen-bond acceptors (Lipinski definition) is 3. The minimum absolute atomic E-state index is 0.00715. The average molecular weight is 218 g/mol. The Kier molecular flexibility index (Phi) is 3.70. The van der Waals surface area contributed by atoms with Gasteiger partial charge in [0, 0.05) is 12.1 Å². The molecule has 0 amide bonds. The number of carbonyl (C=O) groups excluding carboxylic acids is 1. The molecule has 2 N–H and O–H groups in total. The highest BCUT2D eigenvalue weighted by atomic mass is 16.1. The van der Waals surface area contributed by atoms with E-state index in [0.29, 0.717) is 5.56 Å². The Morgan fingerprint density at radius 1 is 1.19 bits per heavy atom. The number of hydrogen-bond donors (Lipinski definition) is 1. The van der Waals surface area contributed by atoms with Crippen LogP contribution in [0.15, 0.2) is 24.3 Å². The molecule has 0 saturated carbocycles. The molecule has 1 aliphatic heterocycles. The summed E-state index contributed by atoms with van der Waals surface area (Å²) in [4.78, 5) is 13.8. The molecule has 0 aliphatic carbocycles. The fourth-order valence-electron chi connectivity index (χ4n) is 2.11. The zero-order chi connectivity index (χ0) is 11.4. The van der Waals surface area contributed by atoms with Gasteiger partial charge in [0.2, 0.25) is 0 Å². The lowest BCUT2D eigenvalue weighted by Crippen LogP contribution is -2.18. The summed E-state index contributed by atoms with van der Waals surface area (Å²) in [6, 6.07) is 7.81. The van der Waals surface area contributed by atoms with Crippen LogP contribution in [-0.2, 0) is 6.54 Å². The maximum atomic E-state index is 11.3. The van der Waals surface area contributed by atoms with Gasteiger partial charge in [0.15, 0.2) is 5.78 Å². The summed E-state index contributed by atoms with van der Waals surface area (Å²) in [5, 5.41) is 0. The molecule has 0 bridgehead atoms. The Morgan fingerprint density at radius 3 is 2.38 bits per heavy atom. The highest BCUT2D eigenvalue weighted by Crippen LogP contribution is 2.13. The van der Waals surface area contributed by atoms with Crippen LogP contribution in [0.1, 0.15) is 28.8 Å². The molecule has 0 aromatic heterocycles. The number of likely N-dealkylation sites (tertiary alicyclic amines) is 1. The van der Waals surface area contributed by atoms with Gasteiger partial charge in [-0.1, -0.05) is 24.3 Å². The van der Waals surface area contributed by atoms with E-state index in [1.165, 1.54) is 31.5 Å². The quantitative estimate of drug-likeness (QED) is 0.777. The second kappa shape index (κ2) is 5.23. The summed E-state index contributed by atoms with van der Waals surface area (Å²) in [7, 11) is 0. The summed E-state index contributed by atoms with van der Waals surface area (Å²) in [5.41, 5.74) is 7.31.